The van der Waals surface area contributed by atoms with Gasteiger partial charge in [0.2, 0.25) is 5.76 Å². The first-order valence-corrected chi connectivity index (χ1v) is 10.1. The van der Waals surface area contributed by atoms with Gasteiger partial charge in [0.15, 0.2) is 11.5 Å². The van der Waals surface area contributed by atoms with Crippen LogP contribution in [-0.4, -0.2) is 35.7 Å². The lowest BCUT2D eigenvalue weighted by atomic mass is 10.0. The van der Waals surface area contributed by atoms with Crippen LogP contribution in [0.2, 0.25) is 0 Å². The fourth-order valence-electron chi connectivity index (χ4n) is 4.04. The Morgan fingerprint density at radius 2 is 1.90 bits per heavy atom. The van der Waals surface area contributed by atoms with Gasteiger partial charge in [-0.2, -0.15) is 0 Å². The molecule has 3 aromatic rings. The number of rotatable bonds is 3. The normalized spacial score (nSPS) is 18.3. The minimum Gasteiger partial charge on any atom is -0.490 e. The van der Waals surface area contributed by atoms with Crippen LogP contribution in [0.3, 0.4) is 0 Å². The number of amides is 1. The summed E-state index contributed by atoms with van der Waals surface area (Å²) in [5.74, 6) is 1.02. The van der Waals surface area contributed by atoms with Crippen LogP contribution < -0.4 is 9.47 Å². The highest BCUT2D eigenvalue weighted by atomic mass is 19.1. The molecule has 2 aliphatic heterocycles. The number of carbonyl (C=O) groups excluding carboxylic acids is 1. The van der Waals surface area contributed by atoms with E-state index in [4.69, 9.17) is 14.0 Å². The Bertz CT molecular complexity index is 1080. The predicted molar refractivity (Wildman–Crippen MR) is 107 cm³/mol. The van der Waals surface area contributed by atoms with E-state index >= 15 is 0 Å². The molecule has 2 aromatic carbocycles. The quantitative estimate of drug-likeness (QED) is 0.633. The first-order valence-electron chi connectivity index (χ1n) is 10.1. The number of halogens is 1. The molecule has 1 aromatic heterocycles. The summed E-state index contributed by atoms with van der Waals surface area (Å²) in [4.78, 5) is 14.9. The van der Waals surface area contributed by atoms with Gasteiger partial charge in [-0.15, -0.1) is 0 Å². The van der Waals surface area contributed by atoms with Crippen LogP contribution in [0.15, 0.2) is 53.1 Å². The van der Waals surface area contributed by atoms with E-state index in [2.05, 4.69) is 5.16 Å². The molecular formula is C23H21FN2O4. The van der Waals surface area contributed by atoms with E-state index in [-0.39, 0.29) is 23.5 Å². The van der Waals surface area contributed by atoms with E-state index < -0.39 is 0 Å². The highest BCUT2D eigenvalue weighted by Gasteiger charge is 2.33. The summed E-state index contributed by atoms with van der Waals surface area (Å²) in [7, 11) is 0. The molecule has 6 nitrogen and oxygen atoms in total. The SMILES string of the molecule is O=C(c1cc(-c2cccc(F)c2)no1)N1CCC[C@@H]1c1ccc2c(c1)OCCCO2. The van der Waals surface area contributed by atoms with Crippen molar-refractivity contribution in [2.75, 3.05) is 19.8 Å². The number of hydrogen-bond acceptors (Lipinski definition) is 5. The van der Waals surface area contributed by atoms with Crippen molar-refractivity contribution < 1.29 is 23.2 Å². The Balaban J connectivity index is 1.39. The fraction of sp³-hybridized carbons (Fsp3) is 0.304. The van der Waals surface area contributed by atoms with E-state index in [1.807, 2.05) is 18.2 Å². The maximum absolute atomic E-state index is 13.5. The van der Waals surface area contributed by atoms with Crippen molar-refractivity contribution in [1.29, 1.82) is 0 Å². The second-order valence-electron chi connectivity index (χ2n) is 7.50. The third-order valence-corrected chi connectivity index (χ3v) is 5.51. The number of fused-ring (bicyclic) bond motifs is 1. The Morgan fingerprint density at radius 1 is 1.03 bits per heavy atom. The molecule has 3 heterocycles. The zero-order chi connectivity index (χ0) is 20.5. The highest BCUT2D eigenvalue weighted by Crippen LogP contribution is 2.38. The summed E-state index contributed by atoms with van der Waals surface area (Å²) in [6.45, 7) is 1.89. The molecule has 5 rings (SSSR count). The van der Waals surface area contributed by atoms with Crippen molar-refractivity contribution in [3.05, 3.63) is 65.7 Å². The van der Waals surface area contributed by atoms with Crippen LogP contribution in [0, 0.1) is 5.82 Å². The van der Waals surface area contributed by atoms with Gasteiger partial charge in [-0.1, -0.05) is 23.4 Å². The molecule has 2 aliphatic rings. The Morgan fingerprint density at radius 3 is 2.77 bits per heavy atom. The third kappa shape index (κ3) is 3.51. The molecule has 7 heteroatoms. The predicted octanol–water partition coefficient (Wildman–Crippen LogP) is 4.62. The van der Waals surface area contributed by atoms with Crippen LogP contribution in [0.1, 0.15) is 41.4 Å². The number of nitrogens with zero attached hydrogens (tertiary/aromatic N) is 2. The molecule has 0 spiro atoms. The molecule has 0 N–H and O–H groups in total. The van der Waals surface area contributed by atoms with Crippen LogP contribution in [-0.2, 0) is 0 Å². The van der Waals surface area contributed by atoms with Crippen LogP contribution in [0.5, 0.6) is 11.5 Å². The van der Waals surface area contributed by atoms with Gasteiger partial charge in [0.25, 0.3) is 5.91 Å². The highest BCUT2D eigenvalue weighted by molar-refractivity contribution is 5.93. The number of ether oxygens (including phenoxy) is 2. The summed E-state index contributed by atoms with van der Waals surface area (Å²) < 4.78 is 30.3. The second-order valence-corrected chi connectivity index (χ2v) is 7.50. The van der Waals surface area contributed by atoms with Gasteiger partial charge in [-0.05, 0) is 42.7 Å². The molecular weight excluding hydrogens is 387 g/mol. The fourth-order valence-corrected chi connectivity index (χ4v) is 4.04. The number of aromatic nitrogens is 1. The van der Waals surface area contributed by atoms with Gasteiger partial charge in [-0.25, -0.2) is 4.39 Å². The smallest absolute Gasteiger partial charge is 0.292 e. The molecule has 1 fully saturated rings. The maximum Gasteiger partial charge on any atom is 0.292 e. The lowest BCUT2D eigenvalue weighted by molar-refractivity contribution is 0.0693. The van der Waals surface area contributed by atoms with Crippen molar-refractivity contribution in [3.63, 3.8) is 0 Å². The first-order chi connectivity index (χ1) is 14.7. The van der Waals surface area contributed by atoms with Crippen molar-refractivity contribution in [2.24, 2.45) is 0 Å². The Hall–Kier alpha value is -3.35. The largest absolute Gasteiger partial charge is 0.490 e. The van der Waals surface area contributed by atoms with Gasteiger partial charge in [0, 0.05) is 24.6 Å². The summed E-state index contributed by atoms with van der Waals surface area (Å²) in [6, 6.07) is 13.4. The molecule has 0 unspecified atom stereocenters. The van der Waals surface area contributed by atoms with Crippen LogP contribution in [0.4, 0.5) is 4.39 Å². The van der Waals surface area contributed by atoms with Crippen molar-refractivity contribution in [2.45, 2.75) is 25.3 Å². The number of hydrogen-bond donors (Lipinski definition) is 0. The molecule has 0 saturated carbocycles. The molecule has 0 radical (unpaired) electrons. The maximum atomic E-state index is 13.5. The van der Waals surface area contributed by atoms with E-state index in [0.29, 0.717) is 31.0 Å². The lowest BCUT2D eigenvalue weighted by Gasteiger charge is -2.24. The third-order valence-electron chi connectivity index (χ3n) is 5.51. The zero-order valence-electron chi connectivity index (χ0n) is 16.3. The van der Waals surface area contributed by atoms with E-state index in [1.54, 1.807) is 23.1 Å². The van der Waals surface area contributed by atoms with Crippen molar-refractivity contribution >= 4 is 5.91 Å². The van der Waals surface area contributed by atoms with Gasteiger partial charge in [-0.3, -0.25) is 4.79 Å². The lowest BCUT2D eigenvalue weighted by Crippen LogP contribution is -2.30. The average Bonchev–Trinajstić information content (AvgIpc) is 3.39. The molecule has 1 atom stereocenters. The van der Waals surface area contributed by atoms with Crippen molar-refractivity contribution in [3.8, 4) is 22.8 Å². The molecule has 1 amide bonds. The average molecular weight is 408 g/mol. The molecule has 30 heavy (non-hydrogen) atoms. The Labute approximate surface area is 173 Å². The van der Waals surface area contributed by atoms with E-state index in [1.165, 1.54) is 12.1 Å². The standard InChI is InChI=1S/C23H21FN2O4/c24-17-5-1-4-15(12-17)18-14-22(30-25-18)23(27)26-9-2-6-19(26)16-7-8-20-21(13-16)29-11-3-10-28-20/h1,4-5,7-8,12-14,19H,2-3,6,9-11H2/t19-/m1/s1. The topological polar surface area (TPSA) is 64.8 Å². The number of carbonyl (C=O) groups is 1. The molecule has 154 valence electrons. The second kappa shape index (κ2) is 7.82. The number of likely N-dealkylation sites (tertiary alicyclic amines) is 1. The minimum atomic E-state index is -0.364. The van der Waals surface area contributed by atoms with E-state index in [0.717, 1.165) is 36.3 Å². The van der Waals surface area contributed by atoms with Crippen LogP contribution in [0.25, 0.3) is 11.3 Å². The van der Waals surface area contributed by atoms with E-state index in [9.17, 15) is 9.18 Å². The van der Waals surface area contributed by atoms with Crippen molar-refractivity contribution in [1.82, 2.24) is 10.1 Å². The van der Waals surface area contributed by atoms with Gasteiger partial charge in [0.05, 0.1) is 19.3 Å². The van der Waals surface area contributed by atoms with Gasteiger partial charge < -0.3 is 18.9 Å². The zero-order valence-corrected chi connectivity index (χ0v) is 16.3. The van der Waals surface area contributed by atoms with Crippen LogP contribution >= 0.6 is 0 Å². The number of benzene rings is 2. The molecule has 0 aliphatic carbocycles. The van der Waals surface area contributed by atoms with Gasteiger partial charge in [0.1, 0.15) is 11.5 Å². The van der Waals surface area contributed by atoms with Gasteiger partial charge >= 0.3 is 0 Å². The monoisotopic (exact) mass is 408 g/mol. The molecule has 1 saturated heterocycles. The summed E-state index contributed by atoms with van der Waals surface area (Å²) in [6.07, 6.45) is 2.60. The Kier molecular flexibility index (Phi) is 4.86. The molecule has 0 bridgehead atoms. The first kappa shape index (κ1) is 18.7. The summed E-state index contributed by atoms with van der Waals surface area (Å²) in [5.41, 5.74) is 2.01. The summed E-state index contributed by atoms with van der Waals surface area (Å²) >= 11 is 0. The minimum absolute atomic E-state index is 0.0719. The summed E-state index contributed by atoms with van der Waals surface area (Å²) in [5, 5.41) is 3.96.